The van der Waals surface area contributed by atoms with Gasteiger partial charge in [-0.05, 0) is 36.0 Å². The average Bonchev–Trinajstić information content (AvgIpc) is 2.42. The van der Waals surface area contributed by atoms with Crippen LogP contribution in [0.1, 0.15) is 59.4 Å². The van der Waals surface area contributed by atoms with Crippen LogP contribution in [0.25, 0.3) is 0 Å². The molecule has 0 aliphatic rings. The van der Waals surface area contributed by atoms with E-state index >= 15 is 0 Å². The monoisotopic (exact) mass is 291 g/mol. The van der Waals surface area contributed by atoms with Gasteiger partial charge in [0.15, 0.2) is 0 Å². The first kappa shape index (κ1) is 17.7. The Morgan fingerprint density at radius 3 is 2.33 bits per heavy atom. The predicted octanol–water partition coefficient (Wildman–Crippen LogP) is 4.14. The number of aliphatic hydroxyl groups excluding tert-OH is 1. The first-order chi connectivity index (χ1) is 9.82. The maximum atomic E-state index is 12.8. The van der Waals surface area contributed by atoms with Gasteiger partial charge in [-0.1, -0.05) is 46.8 Å². The normalized spacial score (nSPS) is 11.8. The van der Waals surface area contributed by atoms with E-state index in [9.17, 15) is 9.90 Å². The van der Waals surface area contributed by atoms with Crippen molar-refractivity contribution in [2.45, 2.75) is 66.5 Å². The van der Waals surface area contributed by atoms with Crippen molar-refractivity contribution in [2.75, 3.05) is 4.90 Å². The zero-order chi connectivity index (χ0) is 16.0. The summed E-state index contributed by atoms with van der Waals surface area (Å²) in [6, 6.07) is 7.86. The highest BCUT2D eigenvalue weighted by Gasteiger charge is 2.26. The number of amides is 1. The van der Waals surface area contributed by atoms with Crippen molar-refractivity contribution >= 4 is 11.6 Å². The smallest absolute Gasteiger partial charge is 0.227 e. The van der Waals surface area contributed by atoms with E-state index in [0.717, 1.165) is 24.1 Å². The molecule has 1 aromatic rings. The molecule has 0 aliphatic heterocycles. The zero-order valence-corrected chi connectivity index (χ0v) is 14.0. The Hall–Kier alpha value is -1.35. The Labute approximate surface area is 129 Å². The van der Waals surface area contributed by atoms with Crippen molar-refractivity contribution in [2.24, 2.45) is 5.41 Å². The van der Waals surface area contributed by atoms with Crippen molar-refractivity contribution in [1.29, 1.82) is 0 Å². The molecule has 0 radical (unpaired) electrons. The highest BCUT2D eigenvalue weighted by atomic mass is 16.3. The molecule has 3 nitrogen and oxygen atoms in total. The van der Waals surface area contributed by atoms with E-state index in [-0.39, 0.29) is 24.0 Å². The van der Waals surface area contributed by atoms with Crippen LogP contribution in [0.15, 0.2) is 24.3 Å². The van der Waals surface area contributed by atoms with Crippen LogP contribution in [-0.2, 0) is 11.4 Å². The van der Waals surface area contributed by atoms with Crippen molar-refractivity contribution in [3.05, 3.63) is 29.8 Å². The molecular weight excluding hydrogens is 262 g/mol. The summed E-state index contributed by atoms with van der Waals surface area (Å²) in [6.07, 6.45) is 2.37. The minimum absolute atomic E-state index is 0.00193. The Kier molecular flexibility index (Phi) is 6.41. The van der Waals surface area contributed by atoms with Crippen molar-refractivity contribution in [1.82, 2.24) is 0 Å². The van der Waals surface area contributed by atoms with E-state index < -0.39 is 0 Å². The molecule has 1 N–H and O–H groups in total. The molecule has 0 saturated heterocycles. The number of carbonyl (C=O) groups is 1. The standard InChI is InChI=1S/C18H29NO2/c1-6-15(7-2)19(17(21)12-18(3,4)5)16-10-8-9-14(11-16)13-20/h8-11,15,20H,6-7,12-13H2,1-5H3. The SMILES string of the molecule is CCC(CC)N(C(=O)CC(C)(C)C)c1cccc(CO)c1. The van der Waals surface area contributed by atoms with Gasteiger partial charge in [0.05, 0.1) is 6.61 Å². The number of nitrogens with zero attached hydrogens (tertiary/aromatic N) is 1. The van der Waals surface area contributed by atoms with Crippen LogP contribution in [-0.4, -0.2) is 17.1 Å². The molecule has 0 aliphatic carbocycles. The summed E-state index contributed by atoms with van der Waals surface area (Å²) >= 11 is 0. The second-order valence-corrected chi connectivity index (χ2v) is 6.80. The third-order valence-corrected chi connectivity index (χ3v) is 3.63. The second-order valence-electron chi connectivity index (χ2n) is 6.80. The molecular formula is C18H29NO2. The fourth-order valence-electron chi connectivity index (χ4n) is 2.56. The maximum absolute atomic E-state index is 12.8. The molecule has 1 rings (SSSR count). The van der Waals surface area contributed by atoms with Gasteiger partial charge in [-0.15, -0.1) is 0 Å². The summed E-state index contributed by atoms with van der Waals surface area (Å²) in [4.78, 5) is 14.7. The molecule has 0 heterocycles. The van der Waals surface area contributed by atoms with Crippen molar-refractivity contribution in [3.63, 3.8) is 0 Å². The molecule has 0 saturated carbocycles. The highest BCUT2D eigenvalue weighted by Crippen LogP contribution is 2.27. The van der Waals surface area contributed by atoms with Gasteiger partial charge in [0.2, 0.25) is 5.91 Å². The van der Waals surface area contributed by atoms with Gasteiger partial charge in [-0.3, -0.25) is 4.79 Å². The van der Waals surface area contributed by atoms with E-state index in [0.29, 0.717) is 6.42 Å². The molecule has 21 heavy (non-hydrogen) atoms. The largest absolute Gasteiger partial charge is 0.392 e. The summed E-state index contributed by atoms with van der Waals surface area (Å²) in [6.45, 7) is 10.5. The minimum atomic E-state index is -0.0318. The number of benzene rings is 1. The van der Waals surface area contributed by atoms with Gasteiger partial charge in [-0.25, -0.2) is 0 Å². The fourth-order valence-corrected chi connectivity index (χ4v) is 2.56. The van der Waals surface area contributed by atoms with Crippen LogP contribution >= 0.6 is 0 Å². The second kappa shape index (κ2) is 7.60. The Morgan fingerprint density at radius 2 is 1.86 bits per heavy atom. The van der Waals surface area contributed by atoms with E-state index in [4.69, 9.17) is 0 Å². The van der Waals surface area contributed by atoms with Crippen LogP contribution in [0, 0.1) is 5.41 Å². The Balaban J connectivity index is 3.15. The molecule has 1 aromatic carbocycles. The van der Waals surface area contributed by atoms with E-state index in [2.05, 4.69) is 34.6 Å². The number of rotatable bonds is 6. The number of aliphatic hydroxyl groups is 1. The molecule has 0 aromatic heterocycles. The van der Waals surface area contributed by atoms with Gasteiger partial charge >= 0.3 is 0 Å². The van der Waals surface area contributed by atoms with E-state index in [1.165, 1.54) is 0 Å². The summed E-state index contributed by atoms with van der Waals surface area (Å²) in [5, 5.41) is 9.32. The average molecular weight is 291 g/mol. The zero-order valence-electron chi connectivity index (χ0n) is 14.0. The molecule has 0 fully saturated rings. The Bertz CT molecular complexity index is 459. The summed E-state index contributed by atoms with van der Waals surface area (Å²) < 4.78 is 0. The highest BCUT2D eigenvalue weighted by molar-refractivity contribution is 5.94. The van der Waals surface area contributed by atoms with Crippen LogP contribution in [0.4, 0.5) is 5.69 Å². The lowest BCUT2D eigenvalue weighted by Gasteiger charge is -2.33. The van der Waals surface area contributed by atoms with Crippen LogP contribution < -0.4 is 4.90 Å². The molecule has 0 atom stereocenters. The number of hydrogen-bond donors (Lipinski definition) is 1. The summed E-state index contributed by atoms with van der Waals surface area (Å²) in [7, 11) is 0. The first-order valence-electron chi connectivity index (χ1n) is 7.84. The quantitative estimate of drug-likeness (QED) is 0.856. The lowest BCUT2D eigenvalue weighted by molar-refractivity contribution is -0.120. The predicted molar refractivity (Wildman–Crippen MR) is 88.3 cm³/mol. The summed E-state index contributed by atoms with van der Waals surface area (Å²) in [5.41, 5.74) is 1.70. The van der Waals surface area contributed by atoms with Crippen molar-refractivity contribution < 1.29 is 9.90 Å². The third-order valence-electron chi connectivity index (χ3n) is 3.63. The van der Waals surface area contributed by atoms with Crippen LogP contribution in [0.5, 0.6) is 0 Å². The first-order valence-corrected chi connectivity index (χ1v) is 7.84. The van der Waals surface area contributed by atoms with Gasteiger partial charge < -0.3 is 10.0 Å². The molecule has 0 unspecified atom stereocenters. The van der Waals surface area contributed by atoms with Gasteiger partial charge in [-0.2, -0.15) is 0 Å². The third kappa shape index (κ3) is 5.16. The molecule has 3 heteroatoms. The lowest BCUT2D eigenvalue weighted by Crippen LogP contribution is -2.41. The molecule has 118 valence electrons. The van der Waals surface area contributed by atoms with Crippen molar-refractivity contribution in [3.8, 4) is 0 Å². The van der Waals surface area contributed by atoms with Gasteiger partial charge in [0, 0.05) is 18.2 Å². The number of carbonyl (C=O) groups excluding carboxylic acids is 1. The molecule has 0 spiro atoms. The maximum Gasteiger partial charge on any atom is 0.227 e. The fraction of sp³-hybridized carbons (Fsp3) is 0.611. The topological polar surface area (TPSA) is 40.5 Å². The number of anilines is 1. The lowest BCUT2D eigenvalue weighted by atomic mass is 9.91. The van der Waals surface area contributed by atoms with Crippen LogP contribution in [0.2, 0.25) is 0 Å². The molecule has 0 bridgehead atoms. The van der Waals surface area contributed by atoms with Crippen LogP contribution in [0.3, 0.4) is 0 Å². The van der Waals surface area contributed by atoms with Gasteiger partial charge in [0.1, 0.15) is 0 Å². The van der Waals surface area contributed by atoms with E-state index in [1.54, 1.807) is 0 Å². The number of hydrogen-bond acceptors (Lipinski definition) is 2. The summed E-state index contributed by atoms with van der Waals surface area (Å²) in [5.74, 6) is 0.159. The Morgan fingerprint density at radius 1 is 1.24 bits per heavy atom. The van der Waals surface area contributed by atoms with Gasteiger partial charge in [0.25, 0.3) is 0 Å². The minimum Gasteiger partial charge on any atom is -0.392 e. The molecule has 1 amide bonds. The van der Waals surface area contributed by atoms with E-state index in [1.807, 2.05) is 29.2 Å².